The minimum Gasteiger partial charge on any atom is -0.326 e. The second-order valence-electron chi connectivity index (χ2n) is 3.39. The molecule has 0 aromatic heterocycles. The third-order valence-corrected chi connectivity index (χ3v) is 4.25. The molecule has 0 spiro atoms. The molecule has 78 valence electrons. The average molecular weight is 222 g/mol. The Labute approximate surface area is 86.5 Å². The summed E-state index contributed by atoms with van der Waals surface area (Å²) in [5, 5.41) is 0. The normalized spacial score (nSPS) is 12.5. The van der Waals surface area contributed by atoms with Crippen LogP contribution in [-0.2, 0) is 20.9 Å². The van der Waals surface area contributed by atoms with Crippen molar-refractivity contribution in [2.45, 2.75) is 39.9 Å². The van der Waals surface area contributed by atoms with Crippen LogP contribution in [0.15, 0.2) is 12.7 Å². The minimum atomic E-state index is -2.12. The highest BCUT2D eigenvalue weighted by Gasteiger charge is 2.20. The van der Waals surface area contributed by atoms with Crippen molar-refractivity contribution in [1.29, 1.82) is 0 Å². The second-order valence-corrected chi connectivity index (χ2v) is 7.07. The van der Waals surface area contributed by atoms with Crippen molar-refractivity contribution < 1.29 is 9.05 Å². The van der Waals surface area contributed by atoms with Crippen molar-refractivity contribution >= 4 is 18.3 Å². The molecule has 0 bridgehead atoms. The van der Waals surface area contributed by atoms with Crippen molar-refractivity contribution in [2.75, 3.05) is 6.16 Å². The molecule has 0 rings (SSSR count). The number of allylic oxidation sites excluding steroid dienone is 1. The third-order valence-electron chi connectivity index (χ3n) is 1.10. The Morgan fingerprint density at radius 2 is 1.62 bits per heavy atom. The summed E-state index contributed by atoms with van der Waals surface area (Å²) >= 11 is 5.35. The fraction of sp³-hybridized carbons (Fsp3) is 0.778. The largest absolute Gasteiger partial charge is 0.326 e. The van der Waals surface area contributed by atoms with Gasteiger partial charge >= 0.3 is 0 Å². The average Bonchev–Trinajstić information content (AvgIpc) is 1.81. The lowest BCUT2D eigenvalue weighted by Gasteiger charge is -2.25. The molecule has 0 aliphatic rings. The van der Waals surface area contributed by atoms with Gasteiger partial charge in [-0.3, -0.25) is 0 Å². The lowest BCUT2D eigenvalue weighted by Crippen LogP contribution is -2.09. The van der Waals surface area contributed by atoms with E-state index in [9.17, 15) is 0 Å². The second kappa shape index (κ2) is 5.92. The van der Waals surface area contributed by atoms with Crippen LogP contribution in [0.3, 0.4) is 0 Å². The maximum Gasteiger partial charge on any atom is 0.192 e. The van der Waals surface area contributed by atoms with Crippen molar-refractivity contribution in [1.82, 2.24) is 0 Å². The SMILES string of the molecule is C=CCP(=S)(OC(C)C)OC(C)C. The van der Waals surface area contributed by atoms with Gasteiger partial charge in [0, 0.05) is 6.16 Å². The molecule has 0 unspecified atom stereocenters. The Kier molecular flexibility index (Phi) is 6.06. The van der Waals surface area contributed by atoms with Crippen molar-refractivity contribution in [3.8, 4) is 0 Å². The molecule has 13 heavy (non-hydrogen) atoms. The summed E-state index contributed by atoms with van der Waals surface area (Å²) in [5.74, 6) is 0. The minimum absolute atomic E-state index is 0.115. The predicted octanol–water partition coefficient (Wildman–Crippen LogP) is 3.33. The van der Waals surface area contributed by atoms with E-state index in [1.807, 2.05) is 27.7 Å². The van der Waals surface area contributed by atoms with Crippen LogP contribution in [0.1, 0.15) is 27.7 Å². The fourth-order valence-corrected chi connectivity index (χ4v) is 4.08. The molecule has 0 radical (unpaired) electrons. The summed E-state index contributed by atoms with van der Waals surface area (Å²) in [6, 6.07) is 0. The molecule has 0 aromatic rings. The molecule has 0 amide bonds. The van der Waals surface area contributed by atoms with Gasteiger partial charge in [0.05, 0.1) is 12.2 Å². The Bertz CT molecular complexity index is 188. The van der Waals surface area contributed by atoms with E-state index in [4.69, 9.17) is 20.9 Å². The first-order valence-electron chi connectivity index (χ1n) is 4.46. The first kappa shape index (κ1) is 13.3. The van der Waals surface area contributed by atoms with Crippen LogP contribution in [0.5, 0.6) is 0 Å². The molecule has 0 fully saturated rings. The summed E-state index contributed by atoms with van der Waals surface area (Å²) < 4.78 is 11.2. The zero-order chi connectivity index (χ0) is 10.5. The van der Waals surface area contributed by atoms with Crippen molar-refractivity contribution in [2.24, 2.45) is 0 Å². The van der Waals surface area contributed by atoms with Gasteiger partial charge < -0.3 is 9.05 Å². The van der Waals surface area contributed by atoms with E-state index in [2.05, 4.69) is 6.58 Å². The van der Waals surface area contributed by atoms with Crippen molar-refractivity contribution in [3.63, 3.8) is 0 Å². The van der Waals surface area contributed by atoms with Gasteiger partial charge in [0.25, 0.3) is 0 Å². The highest BCUT2D eigenvalue weighted by molar-refractivity contribution is 8.10. The van der Waals surface area contributed by atoms with Gasteiger partial charge in [-0.05, 0) is 39.5 Å². The first-order valence-corrected chi connectivity index (χ1v) is 7.28. The molecule has 0 N–H and O–H groups in total. The molecular formula is C9H19O2PS. The third kappa shape index (κ3) is 6.39. The Balaban J connectivity index is 4.33. The van der Waals surface area contributed by atoms with Gasteiger partial charge in [0.2, 0.25) is 0 Å². The molecule has 0 aliphatic carbocycles. The fourth-order valence-electron chi connectivity index (χ4n) is 0.911. The molecule has 2 nitrogen and oxygen atoms in total. The Morgan fingerprint density at radius 3 is 1.85 bits per heavy atom. The van der Waals surface area contributed by atoms with Crippen LogP contribution in [0.4, 0.5) is 0 Å². The van der Waals surface area contributed by atoms with Crippen LogP contribution in [0, 0.1) is 0 Å². The summed E-state index contributed by atoms with van der Waals surface area (Å²) in [6.45, 7) is 9.41. The van der Waals surface area contributed by atoms with Crippen LogP contribution in [0.25, 0.3) is 0 Å². The standard InChI is InChI=1S/C9H19O2PS/c1-6-7-12(13,10-8(2)3)11-9(4)5/h6,8-9H,1,7H2,2-5H3. The Hall–Kier alpha value is 0.310. The quantitative estimate of drug-likeness (QED) is 0.507. The van der Waals surface area contributed by atoms with E-state index < -0.39 is 6.49 Å². The summed E-state index contributed by atoms with van der Waals surface area (Å²) in [7, 11) is 0. The van der Waals surface area contributed by atoms with E-state index in [-0.39, 0.29) is 12.2 Å². The molecule has 4 heteroatoms. The van der Waals surface area contributed by atoms with Gasteiger partial charge in [-0.25, -0.2) is 0 Å². The van der Waals surface area contributed by atoms with E-state index >= 15 is 0 Å². The summed E-state index contributed by atoms with van der Waals surface area (Å²) in [6.07, 6.45) is 2.64. The van der Waals surface area contributed by atoms with E-state index in [0.717, 1.165) is 0 Å². The van der Waals surface area contributed by atoms with Crippen LogP contribution in [0.2, 0.25) is 0 Å². The topological polar surface area (TPSA) is 18.5 Å². The monoisotopic (exact) mass is 222 g/mol. The maximum absolute atomic E-state index is 5.62. The van der Waals surface area contributed by atoms with Crippen LogP contribution in [-0.4, -0.2) is 18.4 Å². The molecule has 0 heterocycles. The van der Waals surface area contributed by atoms with Gasteiger partial charge in [0.15, 0.2) is 6.49 Å². The Morgan fingerprint density at radius 1 is 1.23 bits per heavy atom. The first-order chi connectivity index (χ1) is 5.89. The lowest BCUT2D eigenvalue weighted by molar-refractivity contribution is 0.176. The number of hydrogen-bond acceptors (Lipinski definition) is 3. The number of hydrogen-bond donors (Lipinski definition) is 0. The molecule has 0 aliphatic heterocycles. The highest BCUT2D eigenvalue weighted by Crippen LogP contribution is 2.50. The van der Waals surface area contributed by atoms with Crippen molar-refractivity contribution in [3.05, 3.63) is 12.7 Å². The van der Waals surface area contributed by atoms with E-state index in [0.29, 0.717) is 6.16 Å². The van der Waals surface area contributed by atoms with Gasteiger partial charge in [-0.1, -0.05) is 6.08 Å². The van der Waals surface area contributed by atoms with Crippen LogP contribution < -0.4 is 0 Å². The highest BCUT2D eigenvalue weighted by atomic mass is 32.5. The summed E-state index contributed by atoms with van der Waals surface area (Å²) in [5.41, 5.74) is 0. The molecule has 0 saturated carbocycles. The summed E-state index contributed by atoms with van der Waals surface area (Å²) in [4.78, 5) is 0. The van der Waals surface area contributed by atoms with E-state index in [1.54, 1.807) is 6.08 Å². The van der Waals surface area contributed by atoms with E-state index in [1.165, 1.54) is 0 Å². The zero-order valence-corrected chi connectivity index (χ0v) is 10.5. The number of rotatable bonds is 6. The van der Waals surface area contributed by atoms with Crippen LogP contribution >= 0.6 is 6.49 Å². The predicted molar refractivity (Wildman–Crippen MR) is 61.8 cm³/mol. The van der Waals surface area contributed by atoms with Gasteiger partial charge in [-0.2, -0.15) is 0 Å². The molecule has 0 saturated heterocycles. The maximum atomic E-state index is 5.62. The zero-order valence-electron chi connectivity index (χ0n) is 8.82. The van der Waals surface area contributed by atoms with Gasteiger partial charge in [0.1, 0.15) is 0 Å². The molecular weight excluding hydrogens is 203 g/mol. The molecule has 0 atom stereocenters. The van der Waals surface area contributed by atoms with Gasteiger partial charge in [-0.15, -0.1) is 6.58 Å². The lowest BCUT2D eigenvalue weighted by atomic mass is 10.5. The molecule has 0 aromatic carbocycles. The smallest absolute Gasteiger partial charge is 0.192 e.